The minimum Gasteiger partial charge on any atom is -0.388 e. The summed E-state index contributed by atoms with van der Waals surface area (Å²) in [5.41, 5.74) is 0.899. The highest BCUT2D eigenvalue weighted by molar-refractivity contribution is 5.08. The van der Waals surface area contributed by atoms with E-state index in [9.17, 15) is 5.11 Å². The Morgan fingerprint density at radius 2 is 2.25 bits per heavy atom. The lowest BCUT2D eigenvalue weighted by Gasteiger charge is -2.43. The molecule has 3 heterocycles. The fourth-order valence-corrected chi connectivity index (χ4v) is 3.28. The third kappa shape index (κ3) is 2.75. The van der Waals surface area contributed by atoms with Gasteiger partial charge in [0.2, 0.25) is 0 Å². The smallest absolute Gasteiger partial charge is 0.0817 e. The highest BCUT2D eigenvalue weighted by atomic mass is 16.5. The fourth-order valence-electron chi connectivity index (χ4n) is 3.28. The first-order valence-electron chi connectivity index (χ1n) is 7.66. The van der Waals surface area contributed by atoms with Crippen LogP contribution in [0.5, 0.6) is 0 Å². The summed E-state index contributed by atoms with van der Waals surface area (Å²) in [5.74, 6) is 0. The van der Waals surface area contributed by atoms with Crippen molar-refractivity contribution in [1.82, 2.24) is 9.78 Å². The van der Waals surface area contributed by atoms with Gasteiger partial charge in [-0.25, -0.2) is 0 Å². The number of hydrogen-bond acceptors (Lipinski definition) is 4. The van der Waals surface area contributed by atoms with E-state index in [0.29, 0.717) is 6.04 Å². The SMILES string of the molecule is CCC(O)c1cnn(C2CCOC3(CCOCC3)C2)c1. The number of nitrogens with zero attached hydrogens (tertiary/aromatic N) is 2. The van der Waals surface area contributed by atoms with Crippen LogP contribution in [0.4, 0.5) is 0 Å². The zero-order valence-electron chi connectivity index (χ0n) is 12.1. The van der Waals surface area contributed by atoms with Crippen LogP contribution in [0.3, 0.4) is 0 Å². The van der Waals surface area contributed by atoms with Gasteiger partial charge in [-0.3, -0.25) is 4.68 Å². The van der Waals surface area contributed by atoms with E-state index in [1.54, 1.807) is 6.20 Å². The Balaban J connectivity index is 1.71. The molecule has 2 aliphatic heterocycles. The maximum absolute atomic E-state index is 9.89. The lowest BCUT2D eigenvalue weighted by atomic mass is 9.84. The highest BCUT2D eigenvalue weighted by Gasteiger charge is 2.39. The van der Waals surface area contributed by atoms with Crippen LogP contribution in [0.2, 0.25) is 0 Å². The van der Waals surface area contributed by atoms with Crippen LogP contribution in [-0.4, -0.2) is 40.3 Å². The first kappa shape index (κ1) is 14.0. The standard InChI is InChI=1S/C15H24N2O3/c1-2-14(18)12-10-16-17(11-12)13-3-6-20-15(9-13)4-7-19-8-5-15/h10-11,13-14,18H,2-9H2,1H3. The fraction of sp³-hybridized carbons (Fsp3) is 0.800. The lowest BCUT2D eigenvalue weighted by molar-refractivity contribution is -0.145. The van der Waals surface area contributed by atoms with Gasteiger partial charge in [-0.15, -0.1) is 0 Å². The highest BCUT2D eigenvalue weighted by Crippen LogP contribution is 2.39. The van der Waals surface area contributed by atoms with Gasteiger partial charge in [-0.2, -0.15) is 5.10 Å². The van der Waals surface area contributed by atoms with E-state index in [2.05, 4.69) is 5.10 Å². The molecule has 2 aliphatic rings. The van der Waals surface area contributed by atoms with Crippen molar-refractivity contribution in [2.75, 3.05) is 19.8 Å². The Morgan fingerprint density at radius 1 is 1.45 bits per heavy atom. The van der Waals surface area contributed by atoms with Crippen LogP contribution in [0.25, 0.3) is 0 Å². The van der Waals surface area contributed by atoms with Crippen molar-refractivity contribution >= 4 is 0 Å². The summed E-state index contributed by atoms with van der Waals surface area (Å²) in [4.78, 5) is 0. The van der Waals surface area contributed by atoms with Crippen LogP contribution in [0.1, 0.15) is 56.7 Å². The van der Waals surface area contributed by atoms with Crippen LogP contribution in [-0.2, 0) is 9.47 Å². The molecule has 5 nitrogen and oxygen atoms in total. The second-order valence-electron chi connectivity index (χ2n) is 5.97. The summed E-state index contributed by atoms with van der Waals surface area (Å²) in [6.45, 7) is 4.36. The van der Waals surface area contributed by atoms with Crippen LogP contribution >= 0.6 is 0 Å². The molecule has 0 radical (unpaired) electrons. The summed E-state index contributed by atoms with van der Waals surface area (Å²) >= 11 is 0. The largest absolute Gasteiger partial charge is 0.388 e. The lowest BCUT2D eigenvalue weighted by Crippen LogP contribution is -2.44. The molecule has 5 heteroatoms. The minimum absolute atomic E-state index is 0.0172. The Hall–Kier alpha value is -0.910. The Morgan fingerprint density at radius 3 is 3.00 bits per heavy atom. The molecule has 1 N–H and O–H groups in total. The van der Waals surface area contributed by atoms with E-state index in [4.69, 9.17) is 9.47 Å². The zero-order chi connectivity index (χ0) is 14.0. The molecule has 2 unspecified atom stereocenters. The molecule has 0 bridgehead atoms. The topological polar surface area (TPSA) is 56.5 Å². The van der Waals surface area contributed by atoms with E-state index in [1.807, 2.05) is 17.8 Å². The monoisotopic (exact) mass is 280 g/mol. The molecule has 1 spiro atoms. The summed E-state index contributed by atoms with van der Waals surface area (Å²) in [5, 5.41) is 14.3. The number of rotatable bonds is 3. The molecule has 20 heavy (non-hydrogen) atoms. The van der Waals surface area contributed by atoms with Crippen molar-refractivity contribution in [2.24, 2.45) is 0 Å². The Kier molecular flexibility index (Phi) is 4.10. The molecule has 0 aromatic carbocycles. The summed E-state index contributed by atoms with van der Waals surface area (Å²) in [6, 6.07) is 0.375. The predicted octanol–water partition coefficient (Wildman–Crippen LogP) is 2.23. The Labute approximate surface area is 119 Å². The molecule has 3 rings (SSSR count). The van der Waals surface area contributed by atoms with E-state index < -0.39 is 6.10 Å². The van der Waals surface area contributed by atoms with Crippen molar-refractivity contribution in [2.45, 2.75) is 56.8 Å². The third-order valence-corrected chi connectivity index (χ3v) is 4.64. The number of aromatic nitrogens is 2. The van der Waals surface area contributed by atoms with Crippen LogP contribution < -0.4 is 0 Å². The molecule has 1 aromatic heterocycles. The normalized spacial score (nSPS) is 27.6. The van der Waals surface area contributed by atoms with Crippen molar-refractivity contribution in [3.63, 3.8) is 0 Å². The molecule has 0 aliphatic carbocycles. The summed E-state index contributed by atoms with van der Waals surface area (Å²) in [7, 11) is 0. The predicted molar refractivity (Wildman–Crippen MR) is 74.5 cm³/mol. The zero-order valence-corrected chi connectivity index (χ0v) is 12.1. The first-order valence-corrected chi connectivity index (χ1v) is 7.66. The molecule has 0 saturated carbocycles. The molecule has 0 amide bonds. The molecular weight excluding hydrogens is 256 g/mol. The maximum Gasteiger partial charge on any atom is 0.0817 e. The number of aliphatic hydroxyl groups excluding tert-OH is 1. The van der Waals surface area contributed by atoms with E-state index in [0.717, 1.165) is 57.5 Å². The molecule has 2 saturated heterocycles. The van der Waals surface area contributed by atoms with Crippen molar-refractivity contribution in [1.29, 1.82) is 0 Å². The van der Waals surface area contributed by atoms with Crippen molar-refractivity contribution < 1.29 is 14.6 Å². The van der Waals surface area contributed by atoms with Gasteiger partial charge in [-0.05, 0) is 32.1 Å². The summed E-state index contributed by atoms with van der Waals surface area (Å²) in [6.07, 6.45) is 8.06. The van der Waals surface area contributed by atoms with Gasteiger partial charge in [-0.1, -0.05) is 6.92 Å². The van der Waals surface area contributed by atoms with Gasteiger partial charge in [0.1, 0.15) is 0 Å². The number of ether oxygens (including phenoxy) is 2. The second kappa shape index (κ2) is 5.84. The van der Waals surface area contributed by atoms with Gasteiger partial charge >= 0.3 is 0 Å². The molecule has 1 aromatic rings. The van der Waals surface area contributed by atoms with Gasteiger partial charge in [0.25, 0.3) is 0 Å². The molecule has 2 fully saturated rings. The van der Waals surface area contributed by atoms with E-state index >= 15 is 0 Å². The van der Waals surface area contributed by atoms with Gasteiger partial charge in [0.05, 0.1) is 23.9 Å². The minimum atomic E-state index is -0.402. The maximum atomic E-state index is 9.89. The molecular formula is C15H24N2O3. The van der Waals surface area contributed by atoms with Crippen LogP contribution in [0.15, 0.2) is 12.4 Å². The summed E-state index contributed by atoms with van der Waals surface area (Å²) < 4.78 is 13.5. The van der Waals surface area contributed by atoms with E-state index in [1.165, 1.54) is 0 Å². The third-order valence-electron chi connectivity index (χ3n) is 4.64. The molecule has 2 atom stereocenters. The van der Waals surface area contributed by atoms with Gasteiger partial charge in [0.15, 0.2) is 0 Å². The number of aliphatic hydroxyl groups is 1. The van der Waals surface area contributed by atoms with Crippen molar-refractivity contribution in [3.05, 3.63) is 18.0 Å². The second-order valence-corrected chi connectivity index (χ2v) is 5.97. The number of hydrogen-bond donors (Lipinski definition) is 1. The Bertz CT molecular complexity index is 435. The first-order chi connectivity index (χ1) is 9.72. The van der Waals surface area contributed by atoms with Crippen molar-refractivity contribution in [3.8, 4) is 0 Å². The quantitative estimate of drug-likeness (QED) is 0.922. The van der Waals surface area contributed by atoms with Gasteiger partial charge in [0, 0.05) is 31.6 Å². The van der Waals surface area contributed by atoms with E-state index in [-0.39, 0.29) is 5.60 Å². The average molecular weight is 280 g/mol. The van der Waals surface area contributed by atoms with Gasteiger partial charge < -0.3 is 14.6 Å². The molecule has 112 valence electrons. The average Bonchev–Trinajstić information content (AvgIpc) is 2.97. The van der Waals surface area contributed by atoms with Crippen LogP contribution in [0, 0.1) is 0 Å².